The monoisotopic (exact) mass is 238 g/mol. The fraction of sp³-hybridized carbons (Fsp3) is 0.200. The van der Waals surface area contributed by atoms with Gasteiger partial charge in [0.2, 0.25) is 0 Å². The topological polar surface area (TPSA) is 63.8 Å². The molecule has 0 aliphatic rings. The molecule has 0 spiro atoms. The first-order chi connectivity index (χ1) is 7.81. The third-order valence-corrected chi connectivity index (χ3v) is 3.07. The average molecular weight is 238 g/mol. The van der Waals surface area contributed by atoms with Crippen LogP contribution in [0.25, 0.3) is 0 Å². The highest BCUT2D eigenvalue weighted by molar-refractivity contribution is 7.09. The third-order valence-electron chi connectivity index (χ3n) is 2.27. The van der Waals surface area contributed by atoms with Crippen molar-refractivity contribution in [3.05, 3.63) is 46.4 Å². The van der Waals surface area contributed by atoms with Gasteiger partial charge in [-0.1, -0.05) is 0 Å². The summed E-state index contributed by atoms with van der Waals surface area (Å²) in [7, 11) is 0. The van der Waals surface area contributed by atoms with E-state index in [0.717, 1.165) is 4.88 Å². The Balaban J connectivity index is 2.20. The van der Waals surface area contributed by atoms with Crippen LogP contribution < -0.4 is 11.3 Å². The first kappa shape index (κ1) is 11.1. The maximum atomic E-state index is 13.5. The van der Waals surface area contributed by atoms with E-state index in [-0.39, 0.29) is 11.9 Å². The zero-order valence-electron chi connectivity index (χ0n) is 8.43. The molecule has 0 aromatic carbocycles. The molecule has 0 radical (unpaired) electrons. The molecule has 0 bridgehead atoms. The van der Waals surface area contributed by atoms with E-state index in [0.29, 0.717) is 12.0 Å². The van der Waals surface area contributed by atoms with Crippen LogP contribution >= 0.6 is 11.3 Å². The molecule has 1 unspecified atom stereocenters. The molecule has 0 aliphatic heterocycles. The lowest BCUT2D eigenvalue weighted by atomic mass is 10.1. The first-order valence-corrected chi connectivity index (χ1v) is 5.62. The molecule has 3 N–H and O–H groups in total. The Morgan fingerprint density at radius 3 is 2.94 bits per heavy atom. The predicted molar refractivity (Wildman–Crippen MR) is 60.1 cm³/mol. The molecule has 2 heterocycles. The van der Waals surface area contributed by atoms with Gasteiger partial charge < -0.3 is 0 Å². The van der Waals surface area contributed by atoms with Crippen LogP contribution in [0.2, 0.25) is 0 Å². The van der Waals surface area contributed by atoms with Gasteiger partial charge in [0, 0.05) is 29.3 Å². The van der Waals surface area contributed by atoms with Gasteiger partial charge in [0.05, 0.1) is 17.7 Å². The maximum absolute atomic E-state index is 13.5. The summed E-state index contributed by atoms with van der Waals surface area (Å²) in [5, 5.41) is 0. The lowest BCUT2D eigenvalue weighted by Gasteiger charge is -2.15. The van der Waals surface area contributed by atoms with Crippen LogP contribution in [0.5, 0.6) is 0 Å². The minimum absolute atomic E-state index is 0.261. The lowest BCUT2D eigenvalue weighted by Crippen LogP contribution is -2.30. The molecule has 4 nitrogen and oxygen atoms in total. The second-order valence-corrected chi connectivity index (χ2v) is 4.26. The van der Waals surface area contributed by atoms with E-state index in [4.69, 9.17) is 5.84 Å². The van der Waals surface area contributed by atoms with E-state index in [1.54, 1.807) is 24.0 Å². The number of aromatic nitrogens is 2. The van der Waals surface area contributed by atoms with Crippen molar-refractivity contribution in [2.75, 3.05) is 0 Å². The molecular formula is C10H11FN4S. The van der Waals surface area contributed by atoms with Gasteiger partial charge in [-0.15, -0.1) is 11.3 Å². The number of hydrogen-bond acceptors (Lipinski definition) is 5. The van der Waals surface area contributed by atoms with E-state index in [9.17, 15) is 4.39 Å². The van der Waals surface area contributed by atoms with Gasteiger partial charge in [0.15, 0.2) is 0 Å². The van der Waals surface area contributed by atoms with Crippen molar-refractivity contribution in [1.29, 1.82) is 0 Å². The highest BCUT2D eigenvalue weighted by Crippen LogP contribution is 2.21. The largest absolute Gasteiger partial charge is 0.271 e. The number of hydrogen-bond donors (Lipinski definition) is 2. The zero-order valence-corrected chi connectivity index (χ0v) is 9.25. The van der Waals surface area contributed by atoms with E-state index < -0.39 is 0 Å². The number of nitrogens with zero attached hydrogens (tertiary/aromatic N) is 2. The summed E-state index contributed by atoms with van der Waals surface area (Å²) in [5.74, 6) is 5.09. The molecule has 0 saturated heterocycles. The Hall–Kier alpha value is -1.37. The summed E-state index contributed by atoms with van der Waals surface area (Å²) in [6.07, 6.45) is 5.11. The van der Waals surface area contributed by atoms with Gasteiger partial charge in [0.25, 0.3) is 0 Å². The van der Waals surface area contributed by atoms with Crippen LogP contribution in [0, 0.1) is 5.82 Å². The SMILES string of the molecule is NNC(Cc1cncs1)c1ccncc1F. The number of rotatable bonds is 4. The van der Waals surface area contributed by atoms with Crippen molar-refractivity contribution in [3.8, 4) is 0 Å². The van der Waals surface area contributed by atoms with Crippen LogP contribution in [0.15, 0.2) is 30.2 Å². The second-order valence-electron chi connectivity index (χ2n) is 3.29. The third kappa shape index (κ3) is 2.41. The summed E-state index contributed by atoms with van der Waals surface area (Å²) >= 11 is 1.52. The molecule has 1 atom stereocenters. The molecule has 0 fully saturated rings. The predicted octanol–water partition coefficient (Wildman–Crippen LogP) is 1.42. The van der Waals surface area contributed by atoms with Crippen LogP contribution in [-0.2, 0) is 6.42 Å². The Labute approximate surface area is 96.3 Å². The molecule has 0 aliphatic carbocycles. The van der Waals surface area contributed by atoms with Gasteiger partial charge in [-0.05, 0) is 6.07 Å². The summed E-state index contributed by atoms with van der Waals surface area (Å²) < 4.78 is 13.5. The van der Waals surface area contributed by atoms with Gasteiger partial charge in [-0.25, -0.2) is 4.39 Å². The average Bonchev–Trinajstić information content (AvgIpc) is 2.80. The van der Waals surface area contributed by atoms with E-state index in [2.05, 4.69) is 15.4 Å². The van der Waals surface area contributed by atoms with Crippen molar-refractivity contribution in [2.45, 2.75) is 12.5 Å². The number of hydrazine groups is 1. The lowest BCUT2D eigenvalue weighted by molar-refractivity contribution is 0.510. The fourth-order valence-corrected chi connectivity index (χ4v) is 2.11. The van der Waals surface area contributed by atoms with Crippen molar-refractivity contribution in [1.82, 2.24) is 15.4 Å². The van der Waals surface area contributed by atoms with E-state index in [1.807, 2.05) is 0 Å². The number of halogens is 1. The highest BCUT2D eigenvalue weighted by atomic mass is 32.1. The summed E-state index contributed by atoms with van der Waals surface area (Å²) in [4.78, 5) is 8.73. The number of nitrogens with one attached hydrogen (secondary N) is 1. The molecule has 0 amide bonds. The van der Waals surface area contributed by atoms with Crippen LogP contribution in [0.4, 0.5) is 4.39 Å². The Morgan fingerprint density at radius 2 is 2.31 bits per heavy atom. The van der Waals surface area contributed by atoms with Gasteiger partial charge in [-0.2, -0.15) is 0 Å². The molecule has 2 aromatic rings. The van der Waals surface area contributed by atoms with Gasteiger partial charge >= 0.3 is 0 Å². The molecule has 84 valence electrons. The molecule has 0 saturated carbocycles. The molecule has 6 heteroatoms. The standard InChI is InChI=1S/C10H11FN4S/c11-9-5-13-2-1-8(9)10(15-12)3-7-4-14-6-16-7/h1-2,4-6,10,15H,3,12H2. The minimum Gasteiger partial charge on any atom is -0.271 e. The van der Waals surface area contributed by atoms with Crippen LogP contribution in [0.1, 0.15) is 16.5 Å². The fourth-order valence-electron chi connectivity index (χ4n) is 1.47. The van der Waals surface area contributed by atoms with Gasteiger partial charge in [-0.3, -0.25) is 21.2 Å². The van der Waals surface area contributed by atoms with Crippen LogP contribution in [-0.4, -0.2) is 9.97 Å². The Bertz CT molecular complexity index is 446. The number of thiazole rings is 1. The van der Waals surface area contributed by atoms with Crippen molar-refractivity contribution >= 4 is 11.3 Å². The molecular weight excluding hydrogens is 227 g/mol. The summed E-state index contributed by atoms with van der Waals surface area (Å²) in [5.41, 5.74) is 4.87. The van der Waals surface area contributed by atoms with E-state index >= 15 is 0 Å². The molecule has 2 rings (SSSR count). The maximum Gasteiger partial charge on any atom is 0.146 e. The number of nitrogens with two attached hydrogens (primary N) is 1. The quantitative estimate of drug-likeness (QED) is 0.624. The van der Waals surface area contributed by atoms with E-state index in [1.165, 1.54) is 17.5 Å². The first-order valence-electron chi connectivity index (χ1n) is 4.74. The normalized spacial score (nSPS) is 12.6. The summed E-state index contributed by atoms with van der Waals surface area (Å²) in [6, 6.07) is 1.37. The van der Waals surface area contributed by atoms with Crippen molar-refractivity contribution in [2.24, 2.45) is 5.84 Å². The Morgan fingerprint density at radius 1 is 1.44 bits per heavy atom. The number of pyridine rings is 1. The van der Waals surface area contributed by atoms with Crippen LogP contribution in [0.3, 0.4) is 0 Å². The molecule has 16 heavy (non-hydrogen) atoms. The second kappa shape index (κ2) is 5.11. The highest BCUT2D eigenvalue weighted by Gasteiger charge is 2.15. The zero-order chi connectivity index (χ0) is 11.4. The minimum atomic E-state index is -0.352. The Kier molecular flexibility index (Phi) is 3.55. The smallest absolute Gasteiger partial charge is 0.146 e. The molecule has 2 aromatic heterocycles. The van der Waals surface area contributed by atoms with Crippen molar-refractivity contribution < 1.29 is 4.39 Å². The van der Waals surface area contributed by atoms with Crippen molar-refractivity contribution in [3.63, 3.8) is 0 Å². The summed E-state index contributed by atoms with van der Waals surface area (Å²) in [6.45, 7) is 0. The van der Waals surface area contributed by atoms with Gasteiger partial charge in [0.1, 0.15) is 5.82 Å².